The van der Waals surface area contributed by atoms with Gasteiger partial charge in [0.2, 0.25) is 5.91 Å². The number of hydrogen-bond acceptors (Lipinski definition) is 3. The van der Waals surface area contributed by atoms with Crippen LogP contribution in [-0.4, -0.2) is 23.5 Å². The Labute approximate surface area is 172 Å². The largest absolute Gasteiger partial charge is 0.489 e. The zero-order valence-electron chi connectivity index (χ0n) is 16.9. The Morgan fingerprint density at radius 1 is 1.03 bits per heavy atom. The maximum atomic E-state index is 12.5. The smallest absolute Gasteiger partial charge is 0.307 e. The topological polar surface area (TPSA) is 75.6 Å². The third kappa shape index (κ3) is 6.08. The summed E-state index contributed by atoms with van der Waals surface area (Å²) in [6, 6.07) is 16.1. The Bertz CT molecular complexity index is 831. The van der Waals surface area contributed by atoms with Crippen LogP contribution in [0.1, 0.15) is 42.4 Å². The molecule has 0 saturated heterocycles. The average Bonchev–Trinajstić information content (AvgIpc) is 2.73. The van der Waals surface area contributed by atoms with Gasteiger partial charge in [-0.3, -0.25) is 9.59 Å². The summed E-state index contributed by atoms with van der Waals surface area (Å²) in [7, 11) is 0. The molecule has 2 unspecified atom stereocenters. The molecular formula is C24H29NO4. The Kier molecular flexibility index (Phi) is 7.28. The Hall–Kier alpha value is -2.82. The van der Waals surface area contributed by atoms with Gasteiger partial charge in [0.05, 0.1) is 11.8 Å². The molecule has 2 aromatic rings. The summed E-state index contributed by atoms with van der Waals surface area (Å²) in [6.07, 6.45) is 3.73. The number of ether oxygens (including phenoxy) is 1. The number of aliphatic carboxylic acids is 1. The molecule has 5 heteroatoms. The van der Waals surface area contributed by atoms with Gasteiger partial charge >= 0.3 is 5.97 Å². The second-order valence-electron chi connectivity index (χ2n) is 7.80. The minimum atomic E-state index is -0.858. The fourth-order valence-corrected chi connectivity index (χ4v) is 3.84. The van der Waals surface area contributed by atoms with Crippen LogP contribution in [0.25, 0.3) is 0 Å². The summed E-state index contributed by atoms with van der Waals surface area (Å²) in [5, 5.41) is 12.3. The molecule has 1 aliphatic rings. The van der Waals surface area contributed by atoms with Crippen molar-refractivity contribution >= 4 is 11.9 Å². The highest BCUT2D eigenvalue weighted by Gasteiger charge is 2.35. The van der Waals surface area contributed by atoms with E-state index in [4.69, 9.17) is 4.74 Å². The second kappa shape index (κ2) is 10.1. The first kappa shape index (κ1) is 20.9. The minimum absolute atomic E-state index is 0.135. The minimum Gasteiger partial charge on any atom is -0.489 e. The van der Waals surface area contributed by atoms with Crippen molar-refractivity contribution in [3.63, 3.8) is 0 Å². The number of rotatable bonds is 8. The van der Waals surface area contributed by atoms with Crippen LogP contribution in [0.4, 0.5) is 0 Å². The fraction of sp³-hybridized carbons (Fsp3) is 0.417. The van der Waals surface area contributed by atoms with Gasteiger partial charge in [-0.25, -0.2) is 0 Å². The zero-order valence-corrected chi connectivity index (χ0v) is 16.9. The molecule has 0 bridgehead atoms. The van der Waals surface area contributed by atoms with Crippen molar-refractivity contribution in [3.8, 4) is 5.75 Å². The van der Waals surface area contributed by atoms with Crippen LogP contribution in [-0.2, 0) is 22.6 Å². The highest BCUT2D eigenvalue weighted by Crippen LogP contribution is 2.30. The number of aryl methyl sites for hydroxylation is 1. The number of benzene rings is 2. The standard InChI is InChI=1S/C24H29NO4/c1-17-9-11-19(12-10-17)16-29-20-6-4-5-18(15-20)13-14-25-23(26)21-7-2-3-8-22(21)24(27)28/h4-6,9-12,15,21-22H,2-3,7-8,13-14,16H2,1H3,(H,25,26)(H,27,28). The average molecular weight is 395 g/mol. The highest BCUT2D eigenvalue weighted by molar-refractivity contribution is 5.84. The first-order chi connectivity index (χ1) is 14.0. The number of carboxylic acids is 1. The highest BCUT2D eigenvalue weighted by atomic mass is 16.5. The van der Waals surface area contributed by atoms with Crippen molar-refractivity contribution in [3.05, 3.63) is 65.2 Å². The molecule has 2 aromatic carbocycles. The first-order valence-electron chi connectivity index (χ1n) is 10.3. The summed E-state index contributed by atoms with van der Waals surface area (Å²) in [4.78, 5) is 23.8. The van der Waals surface area contributed by atoms with Gasteiger partial charge in [0.25, 0.3) is 0 Å². The van der Waals surface area contributed by atoms with E-state index < -0.39 is 17.8 Å². The summed E-state index contributed by atoms with van der Waals surface area (Å²) >= 11 is 0. The van der Waals surface area contributed by atoms with Crippen molar-refractivity contribution < 1.29 is 19.4 Å². The maximum Gasteiger partial charge on any atom is 0.307 e. The van der Waals surface area contributed by atoms with Gasteiger partial charge in [-0.15, -0.1) is 0 Å². The number of hydrogen-bond donors (Lipinski definition) is 2. The fourth-order valence-electron chi connectivity index (χ4n) is 3.84. The lowest BCUT2D eigenvalue weighted by Gasteiger charge is -2.27. The van der Waals surface area contributed by atoms with Gasteiger partial charge in [0.15, 0.2) is 0 Å². The molecule has 0 aromatic heterocycles. The molecule has 0 aliphatic heterocycles. The maximum absolute atomic E-state index is 12.5. The van der Waals surface area contributed by atoms with E-state index in [1.54, 1.807) is 0 Å². The summed E-state index contributed by atoms with van der Waals surface area (Å²) in [5.74, 6) is -1.16. The van der Waals surface area contributed by atoms with Gasteiger partial charge in [-0.1, -0.05) is 54.8 Å². The van der Waals surface area contributed by atoms with E-state index in [1.807, 2.05) is 24.3 Å². The first-order valence-corrected chi connectivity index (χ1v) is 10.3. The molecule has 0 spiro atoms. The van der Waals surface area contributed by atoms with Gasteiger partial charge in [0, 0.05) is 6.54 Å². The quantitative estimate of drug-likeness (QED) is 0.705. The molecule has 0 radical (unpaired) electrons. The molecule has 29 heavy (non-hydrogen) atoms. The molecule has 0 heterocycles. The van der Waals surface area contributed by atoms with Crippen LogP contribution in [0.2, 0.25) is 0 Å². The van der Waals surface area contributed by atoms with E-state index in [0.717, 1.165) is 29.7 Å². The van der Waals surface area contributed by atoms with Crippen LogP contribution in [0.5, 0.6) is 5.75 Å². The molecule has 1 aliphatic carbocycles. The van der Waals surface area contributed by atoms with Crippen molar-refractivity contribution in [2.24, 2.45) is 11.8 Å². The van der Waals surface area contributed by atoms with Crippen molar-refractivity contribution in [2.45, 2.75) is 45.6 Å². The van der Waals surface area contributed by atoms with Crippen molar-refractivity contribution in [2.75, 3.05) is 6.54 Å². The molecule has 2 atom stereocenters. The normalized spacial score (nSPS) is 18.8. The molecule has 154 valence electrons. The van der Waals surface area contributed by atoms with Gasteiger partial charge in [-0.05, 0) is 49.4 Å². The van der Waals surface area contributed by atoms with Crippen molar-refractivity contribution in [1.82, 2.24) is 5.32 Å². The second-order valence-corrected chi connectivity index (χ2v) is 7.80. The molecule has 1 fully saturated rings. The van der Waals surface area contributed by atoms with Gasteiger partial charge < -0.3 is 15.2 Å². The van der Waals surface area contributed by atoms with E-state index in [0.29, 0.717) is 32.4 Å². The summed E-state index contributed by atoms with van der Waals surface area (Å²) in [5.41, 5.74) is 3.42. The van der Waals surface area contributed by atoms with E-state index in [-0.39, 0.29) is 5.91 Å². The van der Waals surface area contributed by atoms with E-state index >= 15 is 0 Å². The third-order valence-corrected chi connectivity index (χ3v) is 5.56. The predicted octanol–water partition coefficient (Wildman–Crippen LogP) is 4.12. The Balaban J connectivity index is 1.48. The molecule has 2 N–H and O–H groups in total. The number of nitrogens with one attached hydrogen (secondary N) is 1. The lowest BCUT2D eigenvalue weighted by molar-refractivity contribution is -0.148. The molecular weight excluding hydrogens is 366 g/mol. The third-order valence-electron chi connectivity index (χ3n) is 5.56. The van der Waals surface area contributed by atoms with Crippen LogP contribution in [0.3, 0.4) is 0 Å². The Morgan fingerprint density at radius 2 is 1.76 bits per heavy atom. The molecule has 3 rings (SSSR count). The molecule has 5 nitrogen and oxygen atoms in total. The van der Waals surface area contributed by atoms with Crippen LogP contribution >= 0.6 is 0 Å². The van der Waals surface area contributed by atoms with E-state index in [1.165, 1.54) is 5.56 Å². The van der Waals surface area contributed by atoms with E-state index in [9.17, 15) is 14.7 Å². The van der Waals surface area contributed by atoms with Crippen LogP contribution in [0.15, 0.2) is 48.5 Å². The molecule has 1 amide bonds. The van der Waals surface area contributed by atoms with Crippen LogP contribution < -0.4 is 10.1 Å². The monoisotopic (exact) mass is 395 g/mol. The van der Waals surface area contributed by atoms with Crippen LogP contribution in [0, 0.1) is 18.8 Å². The van der Waals surface area contributed by atoms with Crippen molar-refractivity contribution in [1.29, 1.82) is 0 Å². The molecule has 1 saturated carbocycles. The number of carbonyl (C=O) groups excluding carboxylic acids is 1. The predicted molar refractivity (Wildman–Crippen MR) is 112 cm³/mol. The zero-order chi connectivity index (χ0) is 20.6. The Morgan fingerprint density at radius 3 is 2.48 bits per heavy atom. The SMILES string of the molecule is Cc1ccc(COc2cccc(CCNC(=O)C3CCCCC3C(=O)O)c2)cc1. The van der Waals surface area contributed by atoms with Gasteiger partial charge in [0.1, 0.15) is 12.4 Å². The summed E-state index contributed by atoms with van der Waals surface area (Å²) < 4.78 is 5.88. The number of amides is 1. The number of carbonyl (C=O) groups is 2. The number of carboxylic acid groups (broad SMARTS) is 1. The van der Waals surface area contributed by atoms with Gasteiger partial charge in [-0.2, -0.15) is 0 Å². The lowest BCUT2D eigenvalue weighted by atomic mass is 9.78. The van der Waals surface area contributed by atoms with E-state index in [2.05, 4.69) is 36.5 Å². The summed E-state index contributed by atoms with van der Waals surface area (Å²) in [6.45, 7) is 3.06. The lowest BCUT2D eigenvalue weighted by Crippen LogP contribution is -2.40.